The molecule has 6 nitrogen and oxygen atoms in total. The van der Waals surface area contributed by atoms with E-state index in [0.717, 1.165) is 52.2 Å². The van der Waals surface area contributed by atoms with Gasteiger partial charge in [-0.25, -0.2) is 4.98 Å². The third-order valence-corrected chi connectivity index (χ3v) is 6.11. The van der Waals surface area contributed by atoms with Gasteiger partial charge in [-0.15, -0.1) is 0 Å². The highest BCUT2D eigenvalue weighted by Crippen LogP contribution is 2.34. The van der Waals surface area contributed by atoms with Crippen LogP contribution in [0.5, 0.6) is 0 Å². The van der Waals surface area contributed by atoms with Gasteiger partial charge in [0.15, 0.2) is 4.96 Å². The van der Waals surface area contributed by atoms with Gasteiger partial charge in [0, 0.05) is 36.9 Å². The Labute approximate surface area is 154 Å². The van der Waals surface area contributed by atoms with E-state index in [-0.39, 0.29) is 0 Å². The molecule has 5 rings (SSSR count). The van der Waals surface area contributed by atoms with Gasteiger partial charge < -0.3 is 5.32 Å². The SMILES string of the molecule is Cn1cc2cc(-c3cn4cc(C5CCNCC5)nc4s3)cc(C#N)c2n1. The topological polar surface area (TPSA) is 70.9 Å². The number of nitrogens with zero attached hydrogens (tertiary/aromatic N) is 5. The monoisotopic (exact) mass is 362 g/mol. The van der Waals surface area contributed by atoms with Gasteiger partial charge in [-0.1, -0.05) is 11.3 Å². The number of nitrogens with one attached hydrogen (secondary N) is 1. The Kier molecular flexibility index (Phi) is 3.55. The van der Waals surface area contributed by atoms with E-state index in [4.69, 9.17) is 4.98 Å². The van der Waals surface area contributed by atoms with Gasteiger partial charge in [0.25, 0.3) is 0 Å². The molecule has 0 saturated carbocycles. The van der Waals surface area contributed by atoms with Gasteiger partial charge in [0.05, 0.1) is 16.1 Å². The van der Waals surface area contributed by atoms with Gasteiger partial charge in [-0.2, -0.15) is 10.4 Å². The maximum Gasteiger partial charge on any atom is 0.194 e. The van der Waals surface area contributed by atoms with Crippen LogP contribution in [-0.4, -0.2) is 32.3 Å². The number of nitriles is 1. The highest BCUT2D eigenvalue weighted by Gasteiger charge is 2.19. The Hall–Kier alpha value is -2.69. The summed E-state index contributed by atoms with van der Waals surface area (Å²) in [6, 6.07) is 6.30. The highest BCUT2D eigenvalue weighted by atomic mass is 32.1. The molecule has 4 heterocycles. The minimum Gasteiger partial charge on any atom is -0.317 e. The molecule has 1 aromatic carbocycles. The summed E-state index contributed by atoms with van der Waals surface area (Å²) in [7, 11) is 1.88. The van der Waals surface area contributed by atoms with E-state index in [2.05, 4.69) is 39.3 Å². The number of thiazole rings is 1. The summed E-state index contributed by atoms with van der Waals surface area (Å²) in [5.41, 5.74) is 3.61. The van der Waals surface area contributed by atoms with Gasteiger partial charge in [-0.05, 0) is 43.6 Å². The lowest BCUT2D eigenvalue weighted by molar-refractivity contribution is 0.454. The molecular weight excluding hydrogens is 344 g/mol. The number of hydrogen-bond acceptors (Lipinski definition) is 5. The van der Waals surface area contributed by atoms with E-state index < -0.39 is 0 Å². The van der Waals surface area contributed by atoms with Crippen molar-refractivity contribution >= 4 is 27.2 Å². The van der Waals surface area contributed by atoms with Gasteiger partial charge >= 0.3 is 0 Å². The number of imidazole rings is 1. The molecule has 130 valence electrons. The Morgan fingerprint density at radius 3 is 2.85 bits per heavy atom. The average molecular weight is 362 g/mol. The van der Waals surface area contributed by atoms with E-state index in [9.17, 15) is 5.26 Å². The number of piperidine rings is 1. The van der Waals surface area contributed by atoms with Crippen LogP contribution in [0.2, 0.25) is 0 Å². The summed E-state index contributed by atoms with van der Waals surface area (Å²) >= 11 is 1.67. The second-order valence-corrected chi connectivity index (χ2v) is 7.86. The zero-order valence-electron chi connectivity index (χ0n) is 14.4. The number of aromatic nitrogens is 4. The fourth-order valence-electron chi connectivity index (χ4n) is 3.74. The van der Waals surface area contributed by atoms with Crippen molar-refractivity contribution in [3.8, 4) is 16.5 Å². The molecule has 0 spiro atoms. The standard InChI is InChI=1S/C19H18N6S/c1-24-9-15-7-13(6-14(8-20)18(15)23-24)17-11-25-10-16(22-19(25)26-17)12-2-4-21-5-3-12/h6-7,9-12,21H,2-5H2,1H3. The minimum atomic E-state index is 0.559. The molecule has 0 aliphatic carbocycles. The van der Waals surface area contributed by atoms with Crippen molar-refractivity contribution in [3.63, 3.8) is 0 Å². The van der Waals surface area contributed by atoms with E-state index >= 15 is 0 Å². The van der Waals surface area contributed by atoms with Gasteiger partial charge in [0.1, 0.15) is 11.6 Å². The summed E-state index contributed by atoms with van der Waals surface area (Å²) in [5.74, 6) is 0.559. The Balaban J connectivity index is 1.55. The lowest BCUT2D eigenvalue weighted by Gasteiger charge is -2.20. The molecule has 1 aliphatic heterocycles. The minimum absolute atomic E-state index is 0.559. The number of rotatable bonds is 2. The first-order valence-corrected chi connectivity index (χ1v) is 9.60. The first-order valence-electron chi connectivity index (χ1n) is 8.78. The number of benzene rings is 1. The molecule has 1 aliphatic rings. The molecule has 1 fully saturated rings. The van der Waals surface area contributed by atoms with Crippen molar-refractivity contribution in [2.75, 3.05) is 13.1 Å². The quantitative estimate of drug-likeness (QED) is 0.594. The highest BCUT2D eigenvalue weighted by molar-refractivity contribution is 7.20. The molecule has 7 heteroatoms. The maximum atomic E-state index is 9.48. The first kappa shape index (κ1) is 15.6. The zero-order chi connectivity index (χ0) is 17.7. The van der Waals surface area contributed by atoms with Crippen LogP contribution in [0.4, 0.5) is 0 Å². The van der Waals surface area contributed by atoms with Gasteiger partial charge in [0.2, 0.25) is 0 Å². The third-order valence-electron chi connectivity index (χ3n) is 5.06. The van der Waals surface area contributed by atoms with Crippen LogP contribution >= 0.6 is 11.3 Å². The molecule has 26 heavy (non-hydrogen) atoms. The maximum absolute atomic E-state index is 9.48. The number of aryl methyl sites for hydroxylation is 1. The second-order valence-electron chi connectivity index (χ2n) is 6.85. The zero-order valence-corrected chi connectivity index (χ0v) is 15.3. The molecule has 4 aromatic rings. The van der Waals surface area contributed by atoms with Crippen molar-refractivity contribution in [2.24, 2.45) is 7.05 Å². The molecule has 3 aromatic heterocycles. The number of fused-ring (bicyclic) bond motifs is 2. The first-order chi connectivity index (χ1) is 12.7. The lowest BCUT2D eigenvalue weighted by atomic mass is 9.95. The molecule has 0 unspecified atom stereocenters. The van der Waals surface area contributed by atoms with Crippen molar-refractivity contribution in [3.05, 3.63) is 42.0 Å². The van der Waals surface area contributed by atoms with Crippen LogP contribution < -0.4 is 5.32 Å². The molecular formula is C19H18N6S. The van der Waals surface area contributed by atoms with Crippen molar-refractivity contribution < 1.29 is 0 Å². The summed E-state index contributed by atoms with van der Waals surface area (Å²) in [6.45, 7) is 2.15. The largest absolute Gasteiger partial charge is 0.317 e. The van der Waals surface area contributed by atoms with Crippen molar-refractivity contribution in [1.29, 1.82) is 5.26 Å². The fraction of sp³-hybridized carbons (Fsp3) is 0.316. The van der Waals surface area contributed by atoms with E-state index in [1.807, 2.05) is 19.3 Å². The smallest absolute Gasteiger partial charge is 0.194 e. The van der Waals surface area contributed by atoms with Crippen LogP contribution in [0, 0.1) is 11.3 Å². The molecule has 0 bridgehead atoms. The summed E-state index contributed by atoms with van der Waals surface area (Å²) in [4.78, 5) is 6.99. The fourth-order valence-corrected chi connectivity index (χ4v) is 4.70. The summed E-state index contributed by atoms with van der Waals surface area (Å²) < 4.78 is 3.87. The normalized spacial score (nSPS) is 15.7. The molecule has 0 atom stereocenters. The average Bonchev–Trinajstić information content (AvgIpc) is 3.33. The predicted octanol–water partition coefficient (Wildman–Crippen LogP) is 3.29. The number of hydrogen-bond donors (Lipinski definition) is 1. The van der Waals surface area contributed by atoms with Crippen LogP contribution in [0.15, 0.2) is 30.7 Å². The Morgan fingerprint density at radius 2 is 2.08 bits per heavy atom. The van der Waals surface area contributed by atoms with E-state index in [1.54, 1.807) is 16.0 Å². The van der Waals surface area contributed by atoms with Crippen LogP contribution in [0.3, 0.4) is 0 Å². The lowest BCUT2D eigenvalue weighted by Crippen LogP contribution is -2.26. The Morgan fingerprint density at radius 1 is 1.23 bits per heavy atom. The van der Waals surface area contributed by atoms with Crippen LogP contribution in [0.1, 0.15) is 30.0 Å². The Bertz CT molecular complexity index is 1120. The molecule has 0 amide bonds. The van der Waals surface area contributed by atoms with E-state index in [0.29, 0.717) is 11.5 Å². The van der Waals surface area contributed by atoms with Crippen LogP contribution in [-0.2, 0) is 7.05 Å². The molecule has 1 saturated heterocycles. The summed E-state index contributed by atoms with van der Waals surface area (Å²) in [6.07, 6.45) is 8.55. The van der Waals surface area contributed by atoms with Crippen LogP contribution in [0.25, 0.3) is 26.3 Å². The summed E-state index contributed by atoms with van der Waals surface area (Å²) in [5, 5.41) is 18.3. The van der Waals surface area contributed by atoms with E-state index in [1.165, 1.54) is 5.69 Å². The van der Waals surface area contributed by atoms with Crippen molar-refractivity contribution in [2.45, 2.75) is 18.8 Å². The molecule has 1 N–H and O–H groups in total. The van der Waals surface area contributed by atoms with Gasteiger partial charge in [-0.3, -0.25) is 9.08 Å². The predicted molar refractivity (Wildman–Crippen MR) is 102 cm³/mol. The second kappa shape index (κ2) is 5.94. The molecule has 0 radical (unpaired) electrons. The third kappa shape index (κ3) is 2.50. The van der Waals surface area contributed by atoms with Crippen molar-refractivity contribution in [1.82, 2.24) is 24.5 Å².